The highest BCUT2D eigenvalue weighted by atomic mass is 127. The Hall–Kier alpha value is -0.900. The van der Waals surface area contributed by atoms with Gasteiger partial charge in [-0.25, -0.2) is 12.8 Å². The molecule has 1 saturated carbocycles. The van der Waals surface area contributed by atoms with Crippen LogP contribution in [-0.4, -0.2) is 34.2 Å². The molecule has 0 atom stereocenters. The van der Waals surface area contributed by atoms with Crippen molar-refractivity contribution in [3.8, 4) is 0 Å². The van der Waals surface area contributed by atoms with Crippen LogP contribution >= 0.6 is 24.0 Å². The van der Waals surface area contributed by atoms with E-state index in [1.54, 1.807) is 7.05 Å². The number of sulfone groups is 1. The van der Waals surface area contributed by atoms with Gasteiger partial charge in [0.15, 0.2) is 15.8 Å². The van der Waals surface area contributed by atoms with E-state index in [0.717, 1.165) is 6.54 Å². The molecule has 0 radical (unpaired) electrons. The molecule has 28 heavy (non-hydrogen) atoms. The first kappa shape index (κ1) is 25.1. The van der Waals surface area contributed by atoms with E-state index in [0.29, 0.717) is 29.5 Å². The third-order valence-electron chi connectivity index (χ3n) is 5.04. The summed E-state index contributed by atoms with van der Waals surface area (Å²) in [5.74, 6) is 0.838. The highest BCUT2D eigenvalue weighted by molar-refractivity contribution is 14.0. The van der Waals surface area contributed by atoms with Gasteiger partial charge in [-0.15, -0.1) is 24.0 Å². The molecule has 1 aromatic rings. The van der Waals surface area contributed by atoms with E-state index in [1.807, 2.05) is 0 Å². The summed E-state index contributed by atoms with van der Waals surface area (Å²) in [6.45, 7) is 1.20. The fraction of sp³-hybridized carbons (Fsp3) is 0.650. The number of aliphatic imine (C=N–C) groups is 1. The molecule has 1 aromatic carbocycles. The largest absolute Gasteiger partial charge is 0.356 e. The van der Waals surface area contributed by atoms with Crippen molar-refractivity contribution in [2.24, 2.45) is 10.9 Å². The van der Waals surface area contributed by atoms with E-state index in [1.165, 1.54) is 69.4 Å². The van der Waals surface area contributed by atoms with Crippen LogP contribution in [0.2, 0.25) is 0 Å². The van der Waals surface area contributed by atoms with Gasteiger partial charge in [-0.1, -0.05) is 38.2 Å². The van der Waals surface area contributed by atoms with Gasteiger partial charge in [0.05, 0.1) is 5.75 Å². The molecule has 0 bridgehead atoms. The van der Waals surface area contributed by atoms with Gasteiger partial charge in [-0.05, 0) is 42.0 Å². The molecule has 0 spiro atoms. The second kappa shape index (κ2) is 12.6. The first-order chi connectivity index (χ1) is 12.9. The summed E-state index contributed by atoms with van der Waals surface area (Å²) in [7, 11) is -1.48. The van der Waals surface area contributed by atoms with Crippen LogP contribution in [0.3, 0.4) is 0 Å². The molecule has 1 fully saturated rings. The molecule has 2 N–H and O–H groups in total. The van der Waals surface area contributed by atoms with Crippen LogP contribution < -0.4 is 10.6 Å². The highest BCUT2D eigenvalue weighted by Gasteiger charge is 2.13. The van der Waals surface area contributed by atoms with Crippen LogP contribution in [0.4, 0.5) is 4.39 Å². The number of hydrogen-bond donors (Lipinski definition) is 2. The lowest BCUT2D eigenvalue weighted by Gasteiger charge is -2.21. The average molecular weight is 525 g/mol. The van der Waals surface area contributed by atoms with Crippen LogP contribution in [0.25, 0.3) is 0 Å². The number of halogens is 2. The fourth-order valence-electron chi connectivity index (χ4n) is 3.57. The Bertz CT molecular complexity index is 733. The number of guanidine groups is 1. The van der Waals surface area contributed by atoms with Crippen LogP contribution in [-0.2, 0) is 22.1 Å². The summed E-state index contributed by atoms with van der Waals surface area (Å²) in [5.41, 5.74) is 1.25. The molecular weight excluding hydrogens is 492 g/mol. The Labute approximate surface area is 185 Å². The van der Waals surface area contributed by atoms with Crippen molar-refractivity contribution in [3.63, 3.8) is 0 Å². The number of nitrogens with zero attached hydrogens (tertiary/aromatic N) is 1. The number of benzene rings is 1. The molecule has 1 aliphatic carbocycles. The van der Waals surface area contributed by atoms with E-state index < -0.39 is 9.84 Å². The zero-order valence-electron chi connectivity index (χ0n) is 16.8. The summed E-state index contributed by atoms with van der Waals surface area (Å²) < 4.78 is 36.8. The molecule has 0 aliphatic heterocycles. The van der Waals surface area contributed by atoms with Gasteiger partial charge in [-0.2, -0.15) is 0 Å². The highest BCUT2D eigenvalue weighted by Crippen LogP contribution is 2.21. The molecule has 8 heteroatoms. The standard InChI is InChI=1S/C20H32FN3O2S.HI/c1-22-20(23-13-16-8-6-4-3-5-7-9-16)24-14-18-12-19(21)11-10-17(18)15-27(2,25)26;/h10-12,16H,3-9,13-15H2,1-2H3,(H2,22,23,24);1H. The second-order valence-electron chi connectivity index (χ2n) is 7.50. The summed E-state index contributed by atoms with van der Waals surface area (Å²) in [6, 6.07) is 4.22. The van der Waals surface area contributed by atoms with Gasteiger partial charge in [0.25, 0.3) is 0 Å². The van der Waals surface area contributed by atoms with Gasteiger partial charge in [0.1, 0.15) is 5.82 Å². The van der Waals surface area contributed by atoms with Crippen molar-refractivity contribution in [1.29, 1.82) is 0 Å². The quantitative estimate of drug-likeness (QED) is 0.335. The Morgan fingerprint density at radius 1 is 1.11 bits per heavy atom. The Morgan fingerprint density at radius 3 is 2.36 bits per heavy atom. The van der Waals surface area contributed by atoms with Crippen LogP contribution in [0, 0.1) is 11.7 Å². The first-order valence-corrected chi connectivity index (χ1v) is 11.8. The molecule has 0 amide bonds. The monoisotopic (exact) mass is 525 g/mol. The predicted octanol–water partition coefficient (Wildman–Crippen LogP) is 4.01. The van der Waals surface area contributed by atoms with E-state index in [-0.39, 0.29) is 35.5 Å². The maximum Gasteiger partial charge on any atom is 0.191 e. The third-order valence-corrected chi connectivity index (χ3v) is 5.87. The van der Waals surface area contributed by atoms with E-state index in [2.05, 4.69) is 15.6 Å². The summed E-state index contributed by atoms with van der Waals surface area (Å²) in [6.07, 6.45) is 10.3. The van der Waals surface area contributed by atoms with Gasteiger partial charge in [0, 0.05) is 26.4 Å². The molecule has 2 rings (SSSR count). The number of rotatable bonds is 6. The predicted molar refractivity (Wildman–Crippen MR) is 124 cm³/mol. The molecule has 1 aliphatic rings. The Morgan fingerprint density at radius 2 is 1.75 bits per heavy atom. The maximum atomic E-state index is 13.6. The molecule has 160 valence electrons. The zero-order chi connectivity index (χ0) is 19.7. The minimum absolute atomic E-state index is 0. The summed E-state index contributed by atoms with van der Waals surface area (Å²) in [5, 5.41) is 6.55. The number of nitrogens with one attached hydrogen (secondary N) is 2. The Kier molecular flexibility index (Phi) is 11.3. The average Bonchev–Trinajstić information content (AvgIpc) is 2.57. The van der Waals surface area contributed by atoms with Crippen LogP contribution in [0.5, 0.6) is 0 Å². The Balaban J connectivity index is 0.00000392. The van der Waals surface area contributed by atoms with Gasteiger partial charge in [0.2, 0.25) is 0 Å². The molecular formula is C20H33FIN3O2S. The lowest BCUT2D eigenvalue weighted by molar-refractivity contribution is 0.375. The fourth-order valence-corrected chi connectivity index (χ4v) is 4.41. The summed E-state index contributed by atoms with van der Waals surface area (Å²) >= 11 is 0. The van der Waals surface area contributed by atoms with Crippen molar-refractivity contribution < 1.29 is 12.8 Å². The molecule has 0 aromatic heterocycles. The van der Waals surface area contributed by atoms with E-state index in [4.69, 9.17) is 0 Å². The topological polar surface area (TPSA) is 70.6 Å². The minimum Gasteiger partial charge on any atom is -0.356 e. The van der Waals surface area contributed by atoms with E-state index >= 15 is 0 Å². The van der Waals surface area contributed by atoms with Crippen molar-refractivity contribution in [2.75, 3.05) is 19.8 Å². The molecule has 0 unspecified atom stereocenters. The summed E-state index contributed by atoms with van der Waals surface area (Å²) in [4.78, 5) is 4.24. The number of hydrogen-bond acceptors (Lipinski definition) is 3. The van der Waals surface area contributed by atoms with Crippen molar-refractivity contribution >= 4 is 39.8 Å². The second-order valence-corrected chi connectivity index (χ2v) is 9.64. The molecule has 5 nitrogen and oxygen atoms in total. The third kappa shape index (κ3) is 9.54. The van der Waals surface area contributed by atoms with Gasteiger partial charge < -0.3 is 10.6 Å². The molecule has 0 heterocycles. The SMILES string of the molecule is CN=C(NCc1cc(F)ccc1CS(C)(=O)=O)NCC1CCCCCCC1.I. The van der Waals surface area contributed by atoms with Gasteiger partial charge in [-0.3, -0.25) is 4.99 Å². The normalized spacial score (nSPS) is 16.6. The zero-order valence-corrected chi connectivity index (χ0v) is 20.0. The van der Waals surface area contributed by atoms with Crippen molar-refractivity contribution in [3.05, 3.63) is 35.1 Å². The van der Waals surface area contributed by atoms with Crippen molar-refractivity contribution in [1.82, 2.24) is 10.6 Å². The lowest BCUT2D eigenvalue weighted by Crippen LogP contribution is -2.39. The van der Waals surface area contributed by atoms with E-state index in [9.17, 15) is 12.8 Å². The lowest BCUT2D eigenvalue weighted by atomic mass is 9.91. The smallest absolute Gasteiger partial charge is 0.191 e. The van der Waals surface area contributed by atoms with Gasteiger partial charge >= 0.3 is 0 Å². The van der Waals surface area contributed by atoms with Crippen LogP contribution in [0.1, 0.15) is 56.1 Å². The maximum absolute atomic E-state index is 13.6. The van der Waals surface area contributed by atoms with Crippen molar-refractivity contribution in [2.45, 2.75) is 57.2 Å². The minimum atomic E-state index is -3.18. The molecule has 0 saturated heterocycles. The first-order valence-electron chi connectivity index (χ1n) is 9.77. The van der Waals surface area contributed by atoms with Crippen LogP contribution in [0.15, 0.2) is 23.2 Å².